The van der Waals surface area contributed by atoms with Crippen LogP contribution >= 0.6 is 0 Å². The van der Waals surface area contributed by atoms with Crippen molar-refractivity contribution < 1.29 is 14.3 Å². The molecule has 29 heavy (non-hydrogen) atoms. The molecule has 5 heteroatoms. The maximum absolute atomic E-state index is 12.9. The molecule has 2 aromatic carbocycles. The number of pyridine rings is 1. The fourth-order valence-corrected chi connectivity index (χ4v) is 3.54. The third kappa shape index (κ3) is 3.33. The first-order chi connectivity index (χ1) is 13.8. The number of aromatic nitrogens is 1. The van der Waals surface area contributed by atoms with E-state index in [0.29, 0.717) is 17.1 Å². The Bertz CT molecular complexity index is 1130. The number of methoxy groups -OCH3 is 1. The molecular weight excluding hydrogens is 364 g/mol. The molecule has 1 aliphatic rings. The van der Waals surface area contributed by atoms with E-state index >= 15 is 0 Å². The Labute approximate surface area is 170 Å². The summed E-state index contributed by atoms with van der Waals surface area (Å²) >= 11 is 0. The summed E-state index contributed by atoms with van der Waals surface area (Å²) in [5.41, 5.74) is 3.28. The van der Waals surface area contributed by atoms with Gasteiger partial charge in [-0.2, -0.15) is 0 Å². The normalized spacial score (nSPS) is 12.9. The van der Waals surface area contributed by atoms with Gasteiger partial charge in [0, 0.05) is 24.8 Å². The van der Waals surface area contributed by atoms with Gasteiger partial charge in [0.2, 0.25) is 0 Å². The summed E-state index contributed by atoms with van der Waals surface area (Å²) in [7, 11) is 3.49. The van der Waals surface area contributed by atoms with Crippen molar-refractivity contribution in [2.24, 2.45) is 0 Å². The van der Waals surface area contributed by atoms with Crippen LogP contribution in [-0.2, 0) is 5.41 Å². The van der Waals surface area contributed by atoms with Gasteiger partial charge in [-0.3, -0.25) is 4.98 Å². The standard InChI is InChI=1S/C24H24N2O3/c1-24(2,3)17-8-6-15(7-9-17)23(27)29-22-19(28-5)14-16-10-12-25-18-11-13-26(4)21(22)20(16)18/h6-14H,1-5H3. The molecule has 0 bridgehead atoms. The molecule has 0 unspecified atom stereocenters. The van der Waals surface area contributed by atoms with Crippen molar-refractivity contribution in [3.8, 4) is 11.5 Å². The topological polar surface area (TPSA) is 51.7 Å². The fraction of sp³-hybridized carbons (Fsp3) is 0.250. The van der Waals surface area contributed by atoms with E-state index in [-0.39, 0.29) is 5.41 Å². The lowest BCUT2D eigenvalue weighted by Gasteiger charge is -2.25. The number of ether oxygens (including phenoxy) is 2. The van der Waals surface area contributed by atoms with E-state index in [1.54, 1.807) is 25.4 Å². The molecule has 1 aliphatic heterocycles. The number of hydrogen-bond donors (Lipinski definition) is 0. The van der Waals surface area contributed by atoms with Crippen molar-refractivity contribution in [2.45, 2.75) is 26.2 Å². The first-order valence-electron chi connectivity index (χ1n) is 9.53. The van der Waals surface area contributed by atoms with E-state index in [9.17, 15) is 4.79 Å². The second-order valence-corrected chi connectivity index (χ2v) is 8.19. The van der Waals surface area contributed by atoms with Crippen LogP contribution in [-0.4, -0.2) is 25.1 Å². The Morgan fingerprint density at radius 3 is 2.48 bits per heavy atom. The molecule has 2 heterocycles. The van der Waals surface area contributed by atoms with Gasteiger partial charge in [0.05, 0.1) is 24.1 Å². The maximum atomic E-state index is 12.9. The largest absolute Gasteiger partial charge is 0.493 e. The molecule has 0 aliphatic carbocycles. The van der Waals surface area contributed by atoms with Gasteiger partial charge in [0.15, 0.2) is 11.5 Å². The number of carbonyl (C=O) groups excluding carboxylic acids is 1. The zero-order valence-electron chi connectivity index (χ0n) is 17.3. The smallest absolute Gasteiger partial charge is 0.343 e. The van der Waals surface area contributed by atoms with Crippen LogP contribution in [0.5, 0.6) is 11.5 Å². The molecule has 3 aromatic rings. The Kier molecular flexibility index (Phi) is 4.53. The second kappa shape index (κ2) is 6.92. The second-order valence-electron chi connectivity index (χ2n) is 8.19. The number of nitrogens with zero attached hydrogens (tertiary/aromatic N) is 2. The minimum Gasteiger partial charge on any atom is -0.493 e. The quantitative estimate of drug-likeness (QED) is 0.457. The Balaban J connectivity index is 1.78. The summed E-state index contributed by atoms with van der Waals surface area (Å²) in [6, 6.07) is 11.3. The Morgan fingerprint density at radius 2 is 1.83 bits per heavy atom. The molecule has 0 atom stereocenters. The van der Waals surface area contributed by atoms with Gasteiger partial charge in [0.1, 0.15) is 0 Å². The summed E-state index contributed by atoms with van der Waals surface area (Å²) in [5, 5.41) is 1.91. The van der Waals surface area contributed by atoms with Gasteiger partial charge >= 0.3 is 5.97 Å². The molecule has 0 radical (unpaired) electrons. The highest BCUT2D eigenvalue weighted by molar-refractivity contribution is 6.07. The van der Waals surface area contributed by atoms with E-state index in [4.69, 9.17) is 9.47 Å². The average molecular weight is 388 g/mol. The Hall–Kier alpha value is -3.34. The van der Waals surface area contributed by atoms with Gasteiger partial charge in [-0.1, -0.05) is 32.9 Å². The molecule has 4 rings (SSSR count). The molecule has 1 aromatic heterocycles. The van der Waals surface area contributed by atoms with Crippen molar-refractivity contribution in [1.82, 2.24) is 4.98 Å². The summed E-state index contributed by atoms with van der Waals surface area (Å²) in [6.07, 6.45) is 5.61. The highest BCUT2D eigenvalue weighted by atomic mass is 16.6. The van der Waals surface area contributed by atoms with Crippen molar-refractivity contribution in [1.29, 1.82) is 0 Å². The van der Waals surface area contributed by atoms with Gasteiger partial charge < -0.3 is 14.4 Å². The van der Waals surface area contributed by atoms with E-state index in [0.717, 1.165) is 27.7 Å². The average Bonchev–Trinajstić information content (AvgIpc) is 2.70. The van der Waals surface area contributed by atoms with Gasteiger partial charge in [-0.15, -0.1) is 0 Å². The van der Waals surface area contributed by atoms with E-state index in [2.05, 4.69) is 25.8 Å². The van der Waals surface area contributed by atoms with Crippen LogP contribution in [0.15, 0.2) is 48.8 Å². The predicted molar refractivity (Wildman–Crippen MR) is 116 cm³/mol. The Morgan fingerprint density at radius 1 is 1.10 bits per heavy atom. The lowest BCUT2D eigenvalue weighted by Crippen LogP contribution is -2.17. The molecule has 148 valence electrons. The third-order valence-corrected chi connectivity index (χ3v) is 5.18. The molecule has 0 spiro atoms. The summed E-state index contributed by atoms with van der Waals surface area (Å²) in [6.45, 7) is 6.42. The zero-order chi connectivity index (χ0) is 20.8. The molecule has 0 fully saturated rings. The van der Waals surface area contributed by atoms with Crippen LogP contribution in [0.3, 0.4) is 0 Å². The van der Waals surface area contributed by atoms with E-state index < -0.39 is 5.97 Å². The van der Waals surface area contributed by atoms with Crippen molar-refractivity contribution in [2.75, 3.05) is 19.1 Å². The van der Waals surface area contributed by atoms with Gasteiger partial charge in [-0.05, 0) is 46.7 Å². The van der Waals surface area contributed by atoms with Gasteiger partial charge in [-0.25, -0.2) is 4.79 Å². The maximum Gasteiger partial charge on any atom is 0.343 e. The monoisotopic (exact) mass is 388 g/mol. The molecule has 0 saturated carbocycles. The van der Waals surface area contributed by atoms with Crippen LogP contribution in [0, 0.1) is 0 Å². The summed E-state index contributed by atoms with van der Waals surface area (Å²) in [5.74, 6) is 0.477. The van der Waals surface area contributed by atoms with E-state index in [1.807, 2.05) is 48.5 Å². The van der Waals surface area contributed by atoms with Crippen LogP contribution in [0.25, 0.3) is 16.8 Å². The predicted octanol–water partition coefficient (Wildman–Crippen LogP) is 5.18. The zero-order valence-corrected chi connectivity index (χ0v) is 17.3. The molecule has 5 nitrogen and oxygen atoms in total. The van der Waals surface area contributed by atoms with Crippen molar-refractivity contribution >= 4 is 28.5 Å². The number of esters is 1. The highest BCUT2D eigenvalue weighted by Crippen LogP contribution is 2.46. The number of anilines is 1. The van der Waals surface area contributed by atoms with Crippen LogP contribution < -0.4 is 14.4 Å². The first kappa shape index (κ1) is 19.0. The lowest BCUT2D eigenvalue weighted by atomic mass is 9.87. The van der Waals surface area contributed by atoms with Crippen LogP contribution in [0.2, 0.25) is 0 Å². The summed E-state index contributed by atoms with van der Waals surface area (Å²) < 4.78 is 11.4. The fourth-order valence-electron chi connectivity index (χ4n) is 3.54. The number of hydrogen-bond acceptors (Lipinski definition) is 5. The number of carbonyl (C=O) groups is 1. The minimum absolute atomic E-state index is 0.0205. The first-order valence-corrected chi connectivity index (χ1v) is 9.53. The lowest BCUT2D eigenvalue weighted by molar-refractivity contribution is 0.0730. The number of benzene rings is 2. The van der Waals surface area contributed by atoms with Crippen LogP contribution in [0.4, 0.5) is 5.69 Å². The van der Waals surface area contributed by atoms with E-state index in [1.165, 1.54) is 0 Å². The van der Waals surface area contributed by atoms with Crippen LogP contribution in [0.1, 0.15) is 42.4 Å². The SMILES string of the molecule is COc1cc2ccnc3c2c(c1OC(=O)c1ccc(C(C)(C)C)cc1)N(C)C=C3. The van der Waals surface area contributed by atoms with Crippen molar-refractivity contribution in [3.05, 3.63) is 65.6 Å². The number of rotatable bonds is 3. The minimum atomic E-state index is -0.423. The molecular formula is C24H24N2O3. The third-order valence-electron chi connectivity index (χ3n) is 5.18. The molecule has 0 saturated heterocycles. The molecule has 0 amide bonds. The molecule has 0 N–H and O–H groups in total. The summed E-state index contributed by atoms with van der Waals surface area (Å²) in [4.78, 5) is 19.3. The van der Waals surface area contributed by atoms with Crippen molar-refractivity contribution in [3.63, 3.8) is 0 Å². The highest BCUT2D eigenvalue weighted by Gasteiger charge is 2.25. The van der Waals surface area contributed by atoms with Gasteiger partial charge in [0.25, 0.3) is 0 Å².